The largest absolute Gasteiger partial charge is 0.465 e. The maximum atomic E-state index is 11.6. The maximum Gasteiger partial charge on any atom is 0.337 e. The van der Waals surface area contributed by atoms with Gasteiger partial charge in [-0.3, -0.25) is 0 Å². The van der Waals surface area contributed by atoms with Gasteiger partial charge in [0.15, 0.2) is 0 Å². The molecule has 0 fully saturated rings. The van der Waals surface area contributed by atoms with Crippen molar-refractivity contribution in [1.82, 2.24) is 0 Å². The molecule has 0 saturated heterocycles. The van der Waals surface area contributed by atoms with Crippen LogP contribution in [0.3, 0.4) is 0 Å². The van der Waals surface area contributed by atoms with E-state index in [0.717, 1.165) is 11.6 Å². The van der Waals surface area contributed by atoms with Gasteiger partial charge < -0.3 is 9.64 Å². The van der Waals surface area contributed by atoms with E-state index in [1.54, 1.807) is 16.7 Å². The minimum absolute atomic E-state index is 0.293. The van der Waals surface area contributed by atoms with Crippen molar-refractivity contribution in [1.29, 1.82) is 0 Å². The molecule has 3 heteroatoms. The molecule has 0 spiro atoms. The Morgan fingerprint density at radius 3 is 2.16 bits per heavy atom. The van der Waals surface area contributed by atoms with Gasteiger partial charge in [0.1, 0.15) is 0 Å². The summed E-state index contributed by atoms with van der Waals surface area (Å²) in [5, 5.41) is 0. The van der Waals surface area contributed by atoms with E-state index in [4.69, 9.17) is 4.74 Å². The van der Waals surface area contributed by atoms with Crippen LogP contribution in [-0.4, -0.2) is 20.1 Å². The van der Waals surface area contributed by atoms with Gasteiger partial charge in [-0.2, -0.15) is 0 Å². The van der Waals surface area contributed by atoms with Crippen molar-refractivity contribution in [3.8, 4) is 0 Å². The monoisotopic (exact) mass is 335 g/mol. The van der Waals surface area contributed by atoms with E-state index in [9.17, 15) is 4.79 Å². The topological polar surface area (TPSA) is 29.5 Å². The molecule has 2 aliphatic carbocycles. The van der Waals surface area contributed by atoms with Crippen molar-refractivity contribution in [3.63, 3.8) is 0 Å². The van der Waals surface area contributed by atoms with Crippen molar-refractivity contribution < 1.29 is 9.53 Å². The van der Waals surface area contributed by atoms with Crippen LogP contribution in [0.15, 0.2) is 36.4 Å². The predicted molar refractivity (Wildman–Crippen MR) is 101 cm³/mol. The molecule has 0 saturated carbocycles. The molecule has 2 aromatic carbocycles. The van der Waals surface area contributed by atoms with Crippen molar-refractivity contribution in [2.24, 2.45) is 0 Å². The number of anilines is 2. The molecule has 0 aliphatic heterocycles. The lowest BCUT2D eigenvalue weighted by atomic mass is 9.73. The van der Waals surface area contributed by atoms with Gasteiger partial charge in [-0.1, -0.05) is 0 Å². The molecule has 0 aromatic heterocycles. The van der Waals surface area contributed by atoms with Gasteiger partial charge in [0, 0.05) is 18.4 Å². The third kappa shape index (κ3) is 2.92. The zero-order chi connectivity index (χ0) is 17.4. The van der Waals surface area contributed by atoms with Crippen LogP contribution < -0.4 is 4.90 Å². The second kappa shape index (κ2) is 6.55. The minimum Gasteiger partial charge on any atom is -0.465 e. The van der Waals surface area contributed by atoms with Gasteiger partial charge in [-0.25, -0.2) is 4.79 Å². The number of hydrogen-bond acceptors (Lipinski definition) is 3. The molecule has 0 radical (unpaired) electrons. The number of carbonyl (C=O) groups excluding carboxylic acids is 1. The summed E-state index contributed by atoms with van der Waals surface area (Å²) in [4.78, 5) is 13.8. The smallest absolute Gasteiger partial charge is 0.337 e. The summed E-state index contributed by atoms with van der Waals surface area (Å²) in [6.07, 6.45) is 7.79. The van der Waals surface area contributed by atoms with Crippen molar-refractivity contribution in [2.75, 3.05) is 19.1 Å². The van der Waals surface area contributed by atoms with Crippen molar-refractivity contribution in [2.45, 2.75) is 44.4 Å². The average Bonchev–Trinajstić information content (AvgIpc) is 2.67. The van der Waals surface area contributed by atoms with Crippen LogP contribution in [0, 0.1) is 0 Å². The van der Waals surface area contributed by atoms with E-state index in [-0.39, 0.29) is 5.97 Å². The van der Waals surface area contributed by atoms with Crippen LogP contribution in [0.25, 0.3) is 0 Å². The Kier molecular flexibility index (Phi) is 4.24. The molecule has 3 nitrogen and oxygen atoms in total. The summed E-state index contributed by atoms with van der Waals surface area (Å²) in [5.74, 6) is 0.504. The number of methoxy groups -OCH3 is 1. The Labute approximate surface area is 149 Å². The number of hydrogen-bond donors (Lipinski definition) is 0. The second-order valence-electron chi connectivity index (χ2n) is 7.26. The normalized spacial score (nSPS) is 16.2. The number of esters is 1. The third-order valence-electron chi connectivity index (χ3n) is 5.80. The maximum absolute atomic E-state index is 11.6. The van der Waals surface area contributed by atoms with Crippen LogP contribution in [0.2, 0.25) is 0 Å². The fourth-order valence-corrected chi connectivity index (χ4v) is 4.49. The lowest BCUT2D eigenvalue weighted by Gasteiger charge is -2.34. The Balaban J connectivity index is 1.66. The molecule has 25 heavy (non-hydrogen) atoms. The van der Waals surface area contributed by atoms with Gasteiger partial charge in [0.25, 0.3) is 0 Å². The highest BCUT2D eigenvalue weighted by Crippen LogP contribution is 2.43. The summed E-state index contributed by atoms with van der Waals surface area (Å²) >= 11 is 0. The molecule has 0 heterocycles. The highest BCUT2D eigenvalue weighted by molar-refractivity contribution is 5.89. The van der Waals surface area contributed by atoms with Crippen LogP contribution in [0.4, 0.5) is 11.4 Å². The SMILES string of the molecule is COC(=O)c1ccc(N(C)c2cc3c4c(c2)CCCC4CCC3)cc1. The minimum atomic E-state index is -0.293. The summed E-state index contributed by atoms with van der Waals surface area (Å²) in [6, 6.07) is 12.4. The number of benzene rings is 2. The summed E-state index contributed by atoms with van der Waals surface area (Å²) < 4.78 is 4.78. The van der Waals surface area contributed by atoms with Crippen LogP contribution in [0.1, 0.15) is 58.6 Å². The standard InChI is InChI=1S/C22H25NO2/c1-23(19-11-9-16(10-12-19)22(24)25-2)20-13-17-7-3-5-15-6-4-8-18(14-20)21(15)17/h9-15H,3-8H2,1-2H3. The summed E-state index contributed by atoms with van der Waals surface area (Å²) in [6.45, 7) is 0. The molecule has 0 atom stereocenters. The zero-order valence-corrected chi connectivity index (χ0v) is 15.0. The first-order valence-corrected chi connectivity index (χ1v) is 9.25. The molecule has 0 amide bonds. The molecule has 2 aromatic rings. The number of carbonyl (C=O) groups is 1. The lowest BCUT2D eigenvalue weighted by Crippen LogP contribution is -2.19. The van der Waals surface area contributed by atoms with Gasteiger partial charge in [0.05, 0.1) is 12.7 Å². The van der Waals surface area contributed by atoms with Gasteiger partial charge in [-0.05, 0) is 97.5 Å². The van der Waals surface area contributed by atoms with Crippen LogP contribution in [0.5, 0.6) is 0 Å². The van der Waals surface area contributed by atoms with E-state index >= 15 is 0 Å². The quantitative estimate of drug-likeness (QED) is 0.740. The Bertz CT molecular complexity index is 763. The molecular weight excluding hydrogens is 310 g/mol. The van der Waals surface area contributed by atoms with Crippen molar-refractivity contribution >= 4 is 17.3 Å². The fraction of sp³-hybridized carbons (Fsp3) is 0.409. The van der Waals surface area contributed by atoms with Gasteiger partial charge in [-0.15, -0.1) is 0 Å². The van der Waals surface area contributed by atoms with Gasteiger partial charge in [0.2, 0.25) is 0 Å². The summed E-state index contributed by atoms with van der Waals surface area (Å²) in [5.41, 5.74) is 7.70. The molecule has 0 unspecified atom stereocenters. The van der Waals surface area contributed by atoms with E-state index in [0.29, 0.717) is 5.56 Å². The van der Waals surface area contributed by atoms with E-state index in [1.165, 1.54) is 51.3 Å². The first-order chi connectivity index (χ1) is 12.2. The summed E-state index contributed by atoms with van der Waals surface area (Å²) in [7, 11) is 3.51. The van der Waals surface area contributed by atoms with Crippen LogP contribution in [-0.2, 0) is 17.6 Å². The fourth-order valence-electron chi connectivity index (χ4n) is 4.49. The average molecular weight is 335 g/mol. The number of aryl methyl sites for hydroxylation is 2. The number of rotatable bonds is 3. The number of nitrogens with zero attached hydrogens (tertiary/aromatic N) is 1. The predicted octanol–water partition coefficient (Wildman–Crippen LogP) is 5.00. The Hall–Kier alpha value is -2.29. The van der Waals surface area contributed by atoms with E-state index < -0.39 is 0 Å². The highest BCUT2D eigenvalue weighted by atomic mass is 16.5. The number of ether oxygens (including phenoxy) is 1. The van der Waals surface area contributed by atoms with Crippen LogP contribution >= 0.6 is 0 Å². The molecule has 130 valence electrons. The zero-order valence-electron chi connectivity index (χ0n) is 15.0. The second-order valence-corrected chi connectivity index (χ2v) is 7.26. The lowest BCUT2D eigenvalue weighted by molar-refractivity contribution is 0.0601. The Morgan fingerprint density at radius 2 is 1.60 bits per heavy atom. The molecule has 2 aliphatic rings. The van der Waals surface area contributed by atoms with E-state index in [2.05, 4.69) is 24.1 Å². The van der Waals surface area contributed by atoms with Gasteiger partial charge >= 0.3 is 5.97 Å². The first kappa shape index (κ1) is 16.2. The van der Waals surface area contributed by atoms with Crippen molar-refractivity contribution in [3.05, 3.63) is 58.7 Å². The molecular formula is C22H25NO2. The molecule has 0 bridgehead atoms. The highest BCUT2D eigenvalue weighted by Gasteiger charge is 2.27. The molecule has 0 N–H and O–H groups in total. The third-order valence-corrected chi connectivity index (χ3v) is 5.80. The van der Waals surface area contributed by atoms with E-state index in [1.807, 2.05) is 24.3 Å². The first-order valence-electron chi connectivity index (χ1n) is 9.25. The Morgan fingerprint density at radius 1 is 1.00 bits per heavy atom. The molecule has 4 rings (SSSR count).